The van der Waals surface area contributed by atoms with E-state index in [4.69, 9.17) is 26.1 Å². The van der Waals surface area contributed by atoms with Gasteiger partial charge in [0.2, 0.25) is 17.8 Å². The lowest BCUT2D eigenvalue weighted by Crippen LogP contribution is -2.40. The number of ether oxygens (including phenoxy) is 2. The van der Waals surface area contributed by atoms with Gasteiger partial charge in [-0.1, -0.05) is 17.7 Å². The van der Waals surface area contributed by atoms with Gasteiger partial charge in [0, 0.05) is 36.9 Å². The molecule has 8 nitrogen and oxygen atoms in total. The van der Waals surface area contributed by atoms with E-state index >= 15 is 0 Å². The molecular weight excluding hydrogens is 368 g/mol. The molecule has 0 atom stereocenters. The summed E-state index contributed by atoms with van der Waals surface area (Å²) in [6.45, 7) is 7.74. The number of hydrogen-bond donors (Lipinski definition) is 1. The highest BCUT2D eigenvalue weighted by atomic mass is 35.5. The van der Waals surface area contributed by atoms with Crippen molar-refractivity contribution in [1.29, 1.82) is 0 Å². The molecule has 0 bridgehead atoms. The van der Waals surface area contributed by atoms with Crippen LogP contribution < -0.4 is 15.1 Å². The van der Waals surface area contributed by atoms with Gasteiger partial charge in [0.15, 0.2) is 0 Å². The number of anilines is 4. The first-order valence-electron chi connectivity index (χ1n) is 9.14. The maximum absolute atomic E-state index is 6.25. The summed E-state index contributed by atoms with van der Waals surface area (Å²) >= 11 is 6.25. The SMILES string of the molecule is Cc1c(Cl)cccc1Nc1nc(N2CCOCC2)nc(N2CCOCC2)n1. The van der Waals surface area contributed by atoms with Crippen molar-refractivity contribution in [2.45, 2.75) is 6.92 Å². The highest BCUT2D eigenvalue weighted by Gasteiger charge is 2.21. The topological polar surface area (TPSA) is 75.6 Å². The van der Waals surface area contributed by atoms with Crippen molar-refractivity contribution in [2.75, 3.05) is 67.7 Å². The monoisotopic (exact) mass is 390 g/mol. The predicted molar refractivity (Wildman–Crippen MR) is 105 cm³/mol. The zero-order valence-corrected chi connectivity index (χ0v) is 16.1. The summed E-state index contributed by atoms with van der Waals surface area (Å²) < 4.78 is 10.9. The Morgan fingerprint density at radius 3 is 2.00 bits per heavy atom. The van der Waals surface area contributed by atoms with Gasteiger partial charge in [0.05, 0.1) is 26.4 Å². The number of aromatic nitrogens is 3. The molecule has 27 heavy (non-hydrogen) atoms. The van der Waals surface area contributed by atoms with Crippen LogP contribution in [0.5, 0.6) is 0 Å². The molecule has 1 aromatic carbocycles. The van der Waals surface area contributed by atoms with E-state index in [0.717, 1.165) is 37.4 Å². The summed E-state index contributed by atoms with van der Waals surface area (Å²) in [5.41, 5.74) is 1.84. The van der Waals surface area contributed by atoms with Crippen molar-refractivity contribution in [3.8, 4) is 0 Å². The van der Waals surface area contributed by atoms with Crippen LogP contribution in [0, 0.1) is 6.92 Å². The van der Waals surface area contributed by atoms with Gasteiger partial charge in [-0.2, -0.15) is 15.0 Å². The number of halogens is 1. The summed E-state index contributed by atoms with van der Waals surface area (Å²) in [6, 6.07) is 5.74. The second-order valence-corrected chi connectivity index (χ2v) is 6.90. The molecule has 2 aliphatic heterocycles. The molecule has 4 rings (SSSR count). The Balaban J connectivity index is 1.67. The standard InChI is InChI=1S/C18H23ClN6O2/c1-13-14(19)3-2-4-15(13)20-16-21-17(24-5-9-26-10-6-24)23-18(22-16)25-7-11-27-12-8-25/h2-4H,5-12H2,1H3,(H,20,21,22,23). The third-order valence-corrected chi connectivity index (χ3v) is 5.12. The lowest BCUT2D eigenvalue weighted by atomic mass is 10.2. The summed E-state index contributed by atoms with van der Waals surface area (Å²) in [5.74, 6) is 1.84. The van der Waals surface area contributed by atoms with E-state index in [1.165, 1.54) is 0 Å². The quantitative estimate of drug-likeness (QED) is 0.851. The van der Waals surface area contributed by atoms with Crippen molar-refractivity contribution in [3.63, 3.8) is 0 Å². The number of nitrogens with zero attached hydrogens (tertiary/aromatic N) is 5. The van der Waals surface area contributed by atoms with Crippen LogP contribution in [0.2, 0.25) is 5.02 Å². The van der Waals surface area contributed by atoms with Crippen LogP contribution in [0.4, 0.5) is 23.5 Å². The fourth-order valence-corrected chi connectivity index (χ4v) is 3.26. The number of morpholine rings is 2. The lowest BCUT2D eigenvalue weighted by Gasteiger charge is -2.30. The second kappa shape index (κ2) is 8.24. The molecule has 2 aromatic rings. The average molecular weight is 391 g/mol. The van der Waals surface area contributed by atoms with Crippen LogP contribution in [-0.2, 0) is 9.47 Å². The molecule has 1 N–H and O–H groups in total. The maximum atomic E-state index is 6.25. The van der Waals surface area contributed by atoms with E-state index in [9.17, 15) is 0 Å². The first-order chi connectivity index (χ1) is 13.2. The third kappa shape index (κ3) is 4.23. The fourth-order valence-electron chi connectivity index (χ4n) is 3.08. The Labute approximate surface area is 163 Å². The van der Waals surface area contributed by atoms with Crippen LogP contribution in [0.25, 0.3) is 0 Å². The Bertz CT molecular complexity index is 757. The van der Waals surface area contributed by atoms with E-state index in [1.54, 1.807) is 0 Å². The van der Waals surface area contributed by atoms with Crippen molar-refractivity contribution in [1.82, 2.24) is 15.0 Å². The third-order valence-electron chi connectivity index (χ3n) is 4.71. The van der Waals surface area contributed by atoms with Gasteiger partial charge in [0.25, 0.3) is 0 Å². The van der Waals surface area contributed by atoms with Gasteiger partial charge in [-0.25, -0.2) is 0 Å². The van der Waals surface area contributed by atoms with Gasteiger partial charge in [-0.05, 0) is 24.6 Å². The van der Waals surface area contributed by atoms with Gasteiger partial charge in [-0.15, -0.1) is 0 Å². The van der Waals surface area contributed by atoms with Gasteiger partial charge >= 0.3 is 0 Å². The number of hydrogen-bond acceptors (Lipinski definition) is 8. The molecule has 0 saturated carbocycles. The minimum atomic E-state index is 0.512. The first-order valence-corrected chi connectivity index (χ1v) is 9.52. The number of nitrogens with one attached hydrogen (secondary N) is 1. The summed E-state index contributed by atoms with van der Waals surface area (Å²) in [6.07, 6.45) is 0. The van der Waals surface area contributed by atoms with Crippen molar-refractivity contribution in [3.05, 3.63) is 28.8 Å². The van der Waals surface area contributed by atoms with Crippen LogP contribution in [0.1, 0.15) is 5.56 Å². The minimum absolute atomic E-state index is 0.512. The fraction of sp³-hybridized carbons (Fsp3) is 0.500. The van der Waals surface area contributed by atoms with E-state index in [0.29, 0.717) is 49.3 Å². The molecule has 2 aliphatic rings. The molecule has 2 saturated heterocycles. The molecule has 0 spiro atoms. The lowest BCUT2D eigenvalue weighted by molar-refractivity contribution is 0.121. The molecule has 144 valence electrons. The Kier molecular flexibility index (Phi) is 5.56. The Morgan fingerprint density at radius 1 is 0.889 bits per heavy atom. The molecule has 1 aromatic heterocycles. The summed E-state index contributed by atoms with van der Waals surface area (Å²) in [5, 5.41) is 4.01. The molecular formula is C18H23ClN6O2. The summed E-state index contributed by atoms with van der Waals surface area (Å²) in [7, 11) is 0. The van der Waals surface area contributed by atoms with Crippen LogP contribution >= 0.6 is 11.6 Å². The zero-order valence-electron chi connectivity index (χ0n) is 15.3. The molecule has 0 amide bonds. The van der Waals surface area contributed by atoms with Gasteiger partial charge in [-0.3, -0.25) is 0 Å². The van der Waals surface area contributed by atoms with Gasteiger partial charge in [0.1, 0.15) is 0 Å². The Morgan fingerprint density at radius 2 is 1.44 bits per heavy atom. The van der Waals surface area contributed by atoms with E-state index in [2.05, 4.69) is 25.1 Å². The first kappa shape index (κ1) is 18.2. The van der Waals surface area contributed by atoms with E-state index in [1.807, 2.05) is 25.1 Å². The van der Waals surface area contributed by atoms with Crippen LogP contribution in [0.15, 0.2) is 18.2 Å². The highest BCUT2D eigenvalue weighted by molar-refractivity contribution is 6.31. The molecule has 0 radical (unpaired) electrons. The minimum Gasteiger partial charge on any atom is -0.378 e. The summed E-state index contributed by atoms with van der Waals surface area (Å²) in [4.78, 5) is 18.3. The second-order valence-electron chi connectivity index (χ2n) is 6.50. The average Bonchev–Trinajstić information content (AvgIpc) is 2.72. The van der Waals surface area contributed by atoms with Crippen LogP contribution in [-0.4, -0.2) is 67.6 Å². The van der Waals surface area contributed by atoms with Crippen molar-refractivity contribution >= 4 is 35.1 Å². The Hall–Kier alpha value is -2.16. The van der Waals surface area contributed by atoms with Gasteiger partial charge < -0.3 is 24.6 Å². The van der Waals surface area contributed by atoms with E-state index < -0.39 is 0 Å². The van der Waals surface area contributed by atoms with Crippen LogP contribution in [0.3, 0.4) is 0 Å². The largest absolute Gasteiger partial charge is 0.378 e. The smallest absolute Gasteiger partial charge is 0.233 e. The van der Waals surface area contributed by atoms with Crippen molar-refractivity contribution in [2.24, 2.45) is 0 Å². The molecule has 9 heteroatoms. The number of rotatable bonds is 4. The predicted octanol–water partition coefficient (Wildman–Crippen LogP) is 2.25. The normalized spacial score (nSPS) is 17.9. The van der Waals surface area contributed by atoms with Crippen molar-refractivity contribution < 1.29 is 9.47 Å². The maximum Gasteiger partial charge on any atom is 0.233 e. The molecule has 3 heterocycles. The number of benzene rings is 1. The highest BCUT2D eigenvalue weighted by Crippen LogP contribution is 2.26. The zero-order chi connectivity index (χ0) is 18.6. The molecule has 0 aliphatic carbocycles. The van der Waals surface area contributed by atoms with E-state index in [-0.39, 0.29) is 0 Å². The molecule has 0 unspecified atom stereocenters. The molecule has 2 fully saturated rings.